The second-order valence-electron chi connectivity index (χ2n) is 4.24. The molecule has 106 valence electrons. The van der Waals surface area contributed by atoms with Gasteiger partial charge in [-0.1, -0.05) is 11.6 Å². The average molecular weight is 305 g/mol. The molecule has 0 aliphatic carbocycles. The second-order valence-corrected chi connectivity index (χ2v) is 4.68. The number of benzene rings is 1. The highest BCUT2D eigenvalue weighted by atomic mass is 35.5. The van der Waals surface area contributed by atoms with E-state index in [2.05, 4.69) is 5.32 Å². The molecule has 0 saturated carbocycles. The molecule has 0 bridgehead atoms. The lowest BCUT2D eigenvalue weighted by molar-refractivity contribution is 0.0977. The average Bonchev–Trinajstić information content (AvgIpc) is 3.07. The highest BCUT2D eigenvalue weighted by molar-refractivity contribution is 6.31. The molecular weight excluding hydrogens is 296 g/mol. The van der Waals surface area contributed by atoms with E-state index >= 15 is 0 Å². The minimum Gasteiger partial charge on any atom is -0.459 e. The van der Waals surface area contributed by atoms with Gasteiger partial charge in [0.2, 0.25) is 5.76 Å². The molecule has 0 aliphatic rings. The predicted molar refractivity (Wildman–Crippen MR) is 76.4 cm³/mol. The monoisotopic (exact) mass is 304 g/mol. The van der Waals surface area contributed by atoms with E-state index in [4.69, 9.17) is 26.2 Å². The standard InChI is InChI=1S/C14H9ClN2O4/c15-7-3-4-9-8(6-7)11(12(21-9)13(16)18)17-14(19)10-2-1-5-20-10/h1-6H,(H2,16,18)(H,17,19). The number of carbonyl (C=O) groups excluding carboxylic acids is 2. The number of carbonyl (C=O) groups is 2. The van der Waals surface area contributed by atoms with Gasteiger partial charge in [-0.3, -0.25) is 9.59 Å². The van der Waals surface area contributed by atoms with Crippen LogP contribution >= 0.6 is 11.6 Å². The van der Waals surface area contributed by atoms with Crippen LogP contribution in [0.15, 0.2) is 45.4 Å². The number of fused-ring (bicyclic) bond motifs is 1. The van der Waals surface area contributed by atoms with E-state index < -0.39 is 11.8 Å². The summed E-state index contributed by atoms with van der Waals surface area (Å²) >= 11 is 5.93. The van der Waals surface area contributed by atoms with Crippen molar-refractivity contribution >= 4 is 40.1 Å². The van der Waals surface area contributed by atoms with Crippen molar-refractivity contribution in [2.24, 2.45) is 5.73 Å². The van der Waals surface area contributed by atoms with Gasteiger partial charge in [-0.2, -0.15) is 0 Å². The second kappa shape index (κ2) is 4.99. The van der Waals surface area contributed by atoms with Crippen molar-refractivity contribution in [2.75, 3.05) is 5.32 Å². The van der Waals surface area contributed by atoms with Crippen LogP contribution in [0.1, 0.15) is 21.1 Å². The first kappa shape index (κ1) is 13.3. The summed E-state index contributed by atoms with van der Waals surface area (Å²) in [6.45, 7) is 0. The van der Waals surface area contributed by atoms with E-state index in [1.165, 1.54) is 12.3 Å². The number of hydrogen-bond acceptors (Lipinski definition) is 4. The van der Waals surface area contributed by atoms with Gasteiger partial charge in [0.05, 0.1) is 6.26 Å². The number of amides is 2. The molecular formula is C14H9ClN2O4. The molecule has 2 aromatic heterocycles. The highest BCUT2D eigenvalue weighted by Crippen LogP contribution is 2.33. The molecule has 3 aromatic rings. The van der Waals surface area contributed by atoms with Gasteiger partial charge < -0.3 is 19.9 Å². The zero-order valence-electron chi connectivity index (χ0n) is 10.6. The fraction of sp³-hybridized carbons (Fsp3) is 0. The van der Waals surface area contributed by atoms with Crippen LogP contribution in [-0.2, 0) is 0 Å². The molecule has 0 saturated heterocycles. The molecule has 1 aromatic carbocycles. The molecule has 3 N–H and O–H groups in total. The summed E-state index contributed by atoms with van der Waals surface area (Å²) in [5, 5.41) is 3.48. The Balaban J connectivity index is 2.11. The largest absolute Gasteiger partial charge is 0.459 e. The minimum atomic E-state index is -0.794. The van der Waals surface area contributed by atoms with Crippen LogP contribution in [0, 0.1) is 0 Å². The number of anilines is 1. The number of halogens is 1. The van der Waals surface area contributed by atoms with Crippen molar-refractivity contribution in [3.63, 3.8) is 0 Å². The lowest BCUT2D eigenvalue weighted by Gasteiger charge is -2.02. The van der Waals surface area contributed by atoms with Crippen molar-refractivity contribution < 1.29 is 18.4 Å². The summed E-state index contributed by atoms with van der Waals surface area (Å²) in [5.74, 6) is -1.36. The third-order valence-corrected chi connectivity index (χ3v) is 3.09. The number of nitrogens with two attached hydrogens (primary N) is 1. The third-order valence-electron chi connectivity index (χ3n) is 2.86. The van der Waals surface area contributed by atoms with Gasteiger partial charge >= 0.3 is 0 Å². The molecule has 2 amide bonds. The molecule has 21 heavy (non-hydrogen) atoms. The van der Waals surface area contributed by atoms with Crippen molar-refractivity contribution in [2.45, 2.75) is 0 Å². The van der Waals surface area contributed by atoms with Gasteiger partial charge in [-0.15, -0.1) is 0 Å². The van der Waals surface area contributed by atoms with Crippen LogP contribution in [-0.4, -0.2) is 11.8 Å². The highest BCUT2D eigenvalue weighted by Gasteiger charge is 2.22. The maximum Gasteiger partial charge on any atom is 0.291 e. The van der Waals surface area contributed by atoms with Crippen LogP contribution in [0.25, 0.3) is 11.0 Å². The fourth-order valence-electron chi connectivity index (χ4n) is 1.95. The summed E-state index contributed by atoms with van der Waals surface area (Å²) in [4.78, 5) is 23.5. The van der Waals surface area contributed by atoms with E-state index in [9.17, 15) is 9.59 Å². The Morgan fingerprint density at radius 2 is 2.05 bits per heavy atom. The maximum atomic E-state index is 12.0. The quantitative estimate of drug-likeness (QED) is 0.777. The molecule has 0 unspecified atom stereocenters. The number of nitrogens with one attached hydrogen (secondary N) is 1. The van der Waals surface area contributed by atoms with Crippen molar-refractivity contribution in [3.8, 4) is 0 Å². The summed E-state index contributed by atoms with van der Waals surface area (Å²) < 4.78 is 10.4. The summed E-state index contributed by atoms with van der Waals surface area (Å²) in [6, 6.07) is 7.84. The Morgan fingerprint density at radius 1 is 1.24 bits per heavy atom. The lowest BCUT2D eigenvalue weighted by Crippen LogP contribution is -2.16. The van der Waals surface area contributed by atoms with E-state index in [1.54, 1.807) is 24.3 Å². The molecule has 7 heteroatoms. The Morgan fingerprint density at radius 3 is 2.71 bits per heavy atom. The lowest BCUT2D eigenvalue weighted by atomic mass is 10.2. The first-order chi connectivity index (χ1) is 10.1. The van der Waals surface area contributed by atoms with Crippen LogP contribution in [0.3, 0.4) is 0 Å². The molecule has 0 spiro atoms. The number of rotatable bonds is 3. The molecule has 0 radical (unpaired) electrons. The number of furan rings is 2. The zero-order chi connectivity index (χ0) is 15.0. The first-order valence-electron chi connectivity index (χ1n) is 5.93. The van der Waals surface area contributed by atoms with E-state index in [0.717, 1.165) is 0 Å². The van der Waals surface area contributed by atoms with Crippen LogP contribution in [0.5, 0.6) is 0 Å². The normalized spacial score (nSPS) is 10.7. The SMILES string of the molecule is NC(=O)c1oc2ccc(Cl)cc2c1NC(=O)c1ccco1. The van der Waals surface area contributed by atoms with Gasteiger partial charge in [0.1, 0.15) is 11.3 Å². The molecule has 0 fully saturated rings. The van der Waals surface area contributed by atoms with E-state index in [0.29, 0.717) is 16.0 Å². The van der Waals surface area contributed by atoms with Crippen molar-refractivity contribution in [1.82, 2.24) is 0 Å². The molecule has 6 nitrogen and oxygen atoms in total. The summed E-state index contributed by atoms with van der Waals surface area (Å²) in [5.41, 5.74) is 5.83. The Hall–Kier alpha value is -2.73. The van der Waals surface area contributed by atoms with Gasteiger partial charge in [-0.05, 0) is 30.3 Å². The Bertz CT molecular complexity index is 836. The zero-order valence-corrected chi connectivity index (χ0v) is 11.3. The summed E-state index contributed by atoms with van der Waals surface area (Å²) in [7, 11) is 0. The van der Waals surface area contributed by atoms with Crippen LogP contribution in [0.4, 0.5) is 5.69 Å². The maximum absolute atomic E-state index is 12.0. The van der Waals surface area contributed by atoms with Crippen molar-refractivity contribution in [3.05, 3.63) is 53.1 Å². The Kier molecular flexibility index (Phi) is 3.15. The first-order valence-corrected chi connectivity index (χ1v) is 6.31. The fourth-order valence-corrected chi connectivity index (χ4v) is 2.12. The Labute approximate surface area is 123 Å². The van der Waals surface area contributed by atoms with Gasteiger partial charge in [0.25, 0.3) is 11.8 Å². The third kappa shape index (κ3) is 2.36. The number of hydrogen-bond donors (Lipinski definition) is 2. The minimum absolute atomic E-state index is 0.0989. The molecule has 3 rings (SSSR count). The van der Waals surface area contributed by atoms with Crippen molar-refractivity contribution in [1.29, 1.82) is 0 Å². The smallest absolute Gasteiger partial charge is 0.291 e. The molecule has 0 aliphatic heterocycles. The van der Waals surface area contributed by atoms with Gasteiger partial charge in [-0.25, -0.2) is 0 Å². The molecule has 0 atom stereocenters. The van der Waals surface area contributed by atoms with E-state index in [-0.39, 0.29) is 17.2 Å². The molecule has 2 heterocycles. The topological polar surface area (TPSA) is 98.5 Å². The van der Waals surface area contributed by atoms with E-state index in [1.807, 2.05) is 0 Å². The summed E-state index contributed by atoms with van der Waals surface area (Å²) in [6.07, 6.45) is 1.37. The van der Waals surface area contributed by atoms with Gasteiger partial charge in [0.15, 0.2) is 5.76 Å². The van der Waals surface area contributed by atoms with Gasteiger partial charge in [0, 0.05) is 10.4 Å². The number of primary amides is 1. The predicted octanol–water partition coefficient (Wildman–Crippen LogP) is 3.03. The van der Waals surface area contributed by atoms with Crippen LogP contribution in [0.2, 0.25) is 5.02 Å². The van der Waals surface area contributed by atoms with Crippen LogP contribution < -0.4 is 11.1 Å².